The van der Waals surface area contributed by atoms with Gasteiger partial charge >= 0.3 is 0 Å². The molecule has 1 unspecified atom stereocenters. The largest absolute Gasteiger partial charge is 0.386 e. The Balaban J connectivity index is 2.50. The van der Waals surface area contributed by atoms with Crippen molar-refractivity contribution in [2.24, 2.45) is 4.99 Å². The molecule has 0 fully saturated rings. The van der Waals surface area contributed by atoms with Crippen LogP contribution in [-0.2, 0) is 0 Å². The zero-order valence-corrected chi connectivity index (χ0v) is 16.3. The van der Waals surface area contributed by atoms with E-state index in [0.29, 0.717) is 11.8 Å². The van der Waals surface area contributed by atoms with Crippen LogP contribution >= 0.6 is 39.1 Å². The van der Waals surface area contributed by atoms with E-state index in [1.54, 1.807) is 6.92 Å². The summed E-state index contributed by atoms with van der Waals surface area (Å²) in [6, 6.07) is 5.14. The van der Waals surface area contributed by atoms with Crippen LogP contribution in [0.15, 0.2) is 46.7 Å². The molecule has 0 bridgehead atoms. The maximum atomic E-state index is 14.9. The normalized spacial score (nSPS) is 19.9. The monoisotopic (exact) mass is 465 g/mol. The van der Waals surface area contributed by atoms with Crippen LogP contribution < -0.4 is 4.48 Å². The fourth-order valence-electron chi connectivity index (χ4n) is 3.05. The summed E-state index contributed by atoms with van der Waals surface area (Å²) in [5.41, 5.74) is 0.618. The van der Waals surface area contributed by atoms with Crippen LogP contribution in [0, 0.1) is 17.5 Å². The molecule has 1 aliphatic rings. The molecule has 0 aliphatic carbocycles. The molecule has 1 heterocycles. The Morgan fingerprint density at radius 3 is 2.31 bits per heavy atom. The van der Waals surface area contributed by atoms with Gasteiger partial charge in [-0.05, 0) is 25.1 Å². The van der Waals surface area contributed by atoms with E-state index in [1.165, 1.54) is 6.07 Å². The average Bonchev–Trinajstić information content (AvgIpc) is 2.77. The van der Waals surface area contributed by atoms with Crippen molar-refractivity contribution in [1.82, 2.24) is 4.48 Å². The van der Waals surface area contributed by atoms with E-state index in [2.05, 4.69) is 20.9 Å². The maximum absolute atomic E-state index is 14.9. The highest BCUT2D eigenvalue weighted by Crippen LogP contribution is 2.52. The van der Waals surface area contributed by atoms with Gasteiger partial charge in [0.05, 0.1) is 0 Å². The number of aliphatic hydroxyl groups excluding tert-OH is 1. The van der Waals surface area contributed by atoms with Crippen molar-refractivity contribution in [1.29, 1.82) is 0 Å². The van der Waals surface area contributed by atoms with Crippen molar-refractivity contribution in [2.75, 3.05) is 6.61 Å². The summed E-state index contributed by atoms with van der Waals surface area (Å²) < 4.78 is 41.5. The van der Waals surface area contributed by atoms with Crippen molar-refractivity contribution < 1.29 is 18.3 Å². The first-order chi connectivity index (χ1) is 12.2. The minimum absolute atomic E-state index is 0.0439. The van der Waals surface area contributed by atoms with Crippen molar-refractivity contribution in [3.8, 4) is 0 Å². The zero-order chi connectivity index (χ0) is 19.2. The molecule has 0 radical (unpaired) electrons. The number of hydrogen-bond acceptors (Lipinski definition) is 2. The number of aliphatic hydroxyl groups is 1. The summed E-state index contributed by atoms with van der Waals surface area (Å²) >= 11 is 15.7. The van der Waals surface area contributed by atoms with Crippen LogP contribution in [0.4, 0.5) is 24.5 Å². The van der Waals surface area contributed by atoms with Gasteiger partial charge in [0.25, 0.3) is 4.74 Å². The van der Waals surface area contributed by atoms with E-state index in [1.807, 2.05) is 0 Å². The fraction of sp³-hybridized carbons (Fsp3) is 0.118. The fourth-order valence-corrected chi connectivity index (χ4v) is 4.52. The molecule has 1 atom stereocenters. The van der Waals surface area contributed by atoms with Gasteiger partial charge in [0, 0.05) is 28.1 Å². The lowest BCUT2D eigenvalue weighted by Crippen LogP contribution is -2.46. The third-order valence-corrected chi connectivity index (χ3v) is 5.40. The Morgan fingerprint density at radius 1 is 1.08 bits per heavy atom. The second-order valence-corrected chi connectivity index (χ2v) is 7.08. The van der Waals surface area contributed by atoms with E-state index in [4.69, 9.17) is 23.2 Å². The standard InChI is InChI=1S/C17H11BrCl2F3N2O/c1-8-15(7-26)25(17(18)24-8,14-3-2-9(21)4-11(14)19)16-12(20)5-10(22)6-13(16)23/h2-6,26H,7H2,1H3/q+1. The first-order valence-electron chi connectivity index (χ1n) is 7.29. The van der Waals surface area contributed by atoms with Crippen LogP contribution in [0.2, 0.25) is 10.0 Å². The van der Waals surface area contributed by atoms with E-state index >= 15 is 0 Å². The summed E-state index contributed by atoms with van der Waals surface area (Å²) in [5, 5.41) is 9.69. The smallest absolute Gasteiger partial charge is 0.287 e. The topological polar surface area (TPSA) is 32.6 Å². The molecular formula is C17H11BrCl2F3N2O+. The van der Waals surface area contributed by atoms with Gasteiger partial charge in [-0.3, -0.25) is 0 Å². The predicted octanol–water partition coefficient (Wildman–Crippen LogP) is 6.04. The Labute approximate surface area is 165 Å². The first-order valence-corrected chi connectivity index (χ1v) is 8.84. The highest BCUT2D eigenvalue weighted by Gasteiger charge is 2.52. The quantitative estimate of drug-likeness (QED) is 0.434. The van der Waals surface area contributed by atoms with E-state index in [9.17, 15) is 18.3 Å². The Hall–Kier alpha value is -1.38. The molecule has 3 rings (SSSR count). The maximum Gasteiger partial charge on any atom is 0.287 e. The molecule has 0 saturated heterocycles. The predicted molar refractivity (Wildman–Crippen MR) is 100 cm³/mol. The number of rotatable bonds is 3. The molecule has 0 amide bonds. The second kappa shape index (κ2) is 6.98. The lowest BCUT2D eigenvalue weighted by molar-refractivity contribution is 0.309. The molecule has 1 aliphatic heterocycles. The Morgan fingerprint density at radius 2 is 1.73 bits per heavy atom. The number of hydrogen-bond donors (Lipinski definition) is 1. The van der Waals surface area contributed by atoms with Crippen LogP contribution in [0.1, 0.15) is 6.92 Å². The van der Waals surface area contributed by atoms with Crippen LogP contribution in [-0.4, -0.2) is 16.5 Å². The van der Waals surface area contributed by atoms with E-state index in [0.717, 1.165) is 18.2 Å². The number of allylic oxidation sites excluding steroid dienone is 1. The Bertz CT molecular complexity index is 957. The number of aliphatic imine (C=N–C) groups is 1. The van der Waals surface area contributed by atoms with Gasteiger partial charge in [0.2, 0.25) is 5.69 Å². The van der Waals surface area contributed by atoms with Crippen LogP contribution in [0.25, 0.3) is 0 Å². The number of amidine groups is 1. The third kappa shape index (κ3) is 2.78. The van der Waals surface area contributed by atoms with Gasteiger partial charge in [-0.2, -0.15) is 9.48 Å². The van der Waals surface area contributed by atoms with Crippen LogP contribution in [0.5, 0.6) is 0 Å². The molecule has 0 saturated carbocycles. The van der Waals surface area contributed by atoms with Gasteiger partial charge < -0.3 is 5.11 Å². The molecule has 26 heavy (non-hydrogen) atoms. The van der Waals surface area contributed by atoms with Gasteiger partial charge in [0.1, 0.15) is 34.0 Å². The Kier molecular flexibility index (Phi) is 5.20. The zero-order valence-electron chi connectivity index (χ0n) is 13.2. The van der Waals surface area contributed by atoms with Crippen molar-refractivity contribution in [3.63, 3.8) is 0 Å². The molecule has 9 heteroatoms. The number of benzene rings is 2. The van der Waals surface area contributed by atoms with Gasteiger partial charge in [-0.1, -0.05) is 23.2 Å². The summed E-state index contributed by atoms with van der Waals surface area (Å²) in [7, 11) is 0. The van der Waals surface area contributed by atoms with Crippen molar-refractivity contribution >= 4 is 55.3 Å². The van der Waals surface area contributed by atoms with E-state index < -0.39 is 28.5 Å². The SMILES string of the molecule is CC1=C(CO)[N+](c2ccc(F)cc2Cl)(c2c(F)cc(F)cc2Cl)C(Br)=N1. The molecule has 136 valence electrons. The van der Waals surface area contributed by atoms with Gasteiger partial charge in [-0.25, -0.2) is 13.2 Å². The molecule has 3 nitrogen and oxygen atoms in total. The average molecular weight is 467 g/mol. The molecule has 1 N–H and O–H groups in total. The third-order valence-electron chi connectivity index (χ3n) is 4.10. The molecule has 0 aromatic heterocycles. The summed E-state index contributed by atoms with van der Waals surface area (Å²) in [4.78, 5) is 4.27. The second-order valence-electron chi connectivity index (χ2n) is 5.56. The molecular weight excluding hydrogens is 456 g/mol. The highest BCUT2D eigenvalue weighted by atomic mass is 79.9. The minimum atomic E-state index is -0.969. The summed E-state index contributed by atoms with van der Waals surface area (Å²) in [6.07, 6.45) is 0. The van der Waals surface area contributed by atoms with Gasteiger partial charge in [-0.15, -0.1) is 0 Å². The van der Waals surface area contributed by atoms with Crippen molar-refractivity contribution in [2.45, 2.75) is 6.92 Å². The lowest BCUT2D eigenvalue weighted by atomic mass is 10.1. The molecule has 0 spiro atoms. The van der Waals surface area contributed by atoms with Crippen molar-refractivity contribution in [3.05, 3.63) is 69.2 Å². The first kappa shape index (κ1) is 19.4. The lowest BCUT2D eigenvalue weighted by Gasteiger charge is -2.34. The number of nitrogens with zero attached hydrogens (tertiary/aromatic N) is 2. The summed E-state index contributed by atoms with van der Waals surface area (Å²) in [6.45, 7) is 1.09. The highest BCUT2D eigenvalue weighted by molar-refractivity contribution is 9.18. The van der Waals surface area contributed by atoms with E-state index in [-0.39, 0.29) is 31.9 Å². The van der Waals surface area contributed by atoms with Crippen LogP contribution in [0.3, 0.4) is 0 Å². The minimum Gasteiger partial charge on any atom is -0.386 e. The number of quaternary nitrogens is 1. The molecule has 2 aromatic carbocycles. The van der Waals surface area contributed by atoms with Gasteiger partial charge in [0.15, 0.2) is 17.2 Å². The molecule has 2 aromatic rings. The number of halogens is 6. The summed E-state index contributed by atoms with van der Waals surface area (Å²) in [5.74, 6) is -2.43.